The molecule has 1 amide bonds. The Morgan fingerprint density at radius 2 is 1.68 bits per heavy atom. The number of hydrogen-bond donors (Lipinski definition) is 1. The number of thioether (sulfide) groups is 1. The number of carbonyl (C=O) groups excluding carboxylic acids is 1. The number of nitrogens with one attached hydrogen (secondary N) is 1. The van der Waals surface area contributed by atoms with E-state index in [9.17, 15) is 4.79 Å². The molecule has 154 valence electrons. The summed E-state index contributed by atoms with van der Waals surface area (Å²) in [6, 6.07) is 25.7. The smallest absolute Gasteiger partial charge is 0.235 e. The number of hydrogen-bond acceptors (Lipinski definition) is 4. The van der Waals surface area contributed by atoms with Gasteiger partial charge in [-0.15, -0.1) is 11.8 Å². The predicted molar refractivity (Wildman–Crippen MR) is 127 cm³/mol. The van der Waals surface area contributed by atoms with E-state index in [4.69, 9.17) is 9.98 Å². The van der Waals surface area contributed by atoms with Crippen LogP contribution in [0.2, 0.25) is 0 Å². The Kier molecular flexibility index (Phi) is 5.08. The van der Waals surface area contributed by atoms with E-state index >= 15 is 0 Å². The first kappa shape index (κ1) is 19.6. The molecule has 0 saturated carbocycles. The second-order valence-corrected chi connectivity index (χ2v) is 8.45. The van der Waals surface area contributed by atoms with Gasteiger partial charge in [0.1, 0.15) is 5.92 Å². The highest BCUT2D eigenvalue weighted by molar-refractivity contribution is 7.98. The number of carbonyl (C=O) groups is 1. The van der Waals surface area contributed by atoms with Crippen LogP contribution in [0.1, 0.15) is 18.5 Å². The van der Waals surface area contributed by atoms with Gasteiger partial charge in [-0.1, -0.05) is 42.5 Å². The minimum atomic E-state index is -0.453. The SMILES string of the molecule is CSc1ccc(C2C(C(=O)Nc3ccccc3)C(C)=Nc3nc4ccccc4n32)cc1. The van der Waals surface area contributed by atoms with Gasteiger partial charge in [-0.05, 0) is 55.1 Å². The van der Waals surface area contributed by atoms with E-state index in [-0.39, 0.29) is 11.9 Å². The third kappa shape index (κ3) is 3.53. The summed E-state index contributed by atoms with van der Waals surface area (Å²) in [4.78, 5) is 24.2. The van der Waals surface area contributed by atoms with Crippen LogP contribution in [0.15, 0.2) is 88.8 Å². The molecule has 2 heterocycles. The highest BCUT2D eigenvalue weighted by Crippen LogP contribution is 2.40. The van der Waals surface area contributed by atoms with Gasteiger partial charge >= 0.3 is 0 Å². The molecule has 1 N–H and O–H groups in total. The number of rotatable bonds is 4. The van der Waals surface area contributed by atoms with Gasteiger partial charge in [0, 0.05) is 16.3 Å². The Hall–Kier alpha value is -3.38. The Morgan fingerprint density at radius 1 is 0.968 bits per heavy atom. The maximum absolute atomic E-state index is 13.5. The fourth-order valence-electron chi connectivity index (χ4n) is 4.21. The van der Waals surface area contributed by atoms with Crippen molar-refractivity contribution >= 4 is 46.0 Å². The molecule has 2 atom stereocenters. The first-order valence-corrected chi connectivity index (χ1v) is 11.4. The van der Waals surface area contributed by atoms with Crippen molar-refractivity contribution in [1.82, 2.24) is 9.55 Å². The summed E-state index contributed by atoms with van der Waals surface area (Å²) < 4.78 is 2.10. The summed E-state index contributed by atoms with van der Waals surface area (Å²) in [5.74, 6) is 0.113. The zero-order valence-electron chi connectivity index (χ0n) is 17.3. The molecule has 2 unspecified atom stereocenters. The lowest BCUT2D eigenvalue weighted by Crippen LogP contribution is -2.38. The van der Waals surface area contributed by atoms with Crippen molar-refractivity contribution in [3.05, 3.63) is 84.4 Å². The highest BCUT2D eigenvalue weighted by atomic mass is 32.2. The normalized spacial score (nSPS) is 17.8. The fourth-order valence-corrected chi connectivity index (χ4v) is 4.62. The van der Waals surface area contributed by atoms with Crippen molar-refractivity contribution in [3.8, 4) is 0 Å². The zero-order chi connectivity index (χ0) is 21.4. The third-order valence-electron chi connectivity index (χ3n) is 5.68. The van der Waals surface area contributed by atoms with Crippen molar-refractivity contribution in [3.63, 3.8) is 0 Å². The number of para-hydroxylation sites is 3. The maximum atomic E-state index is 13.5. The molecule has 1 aliphatic heterocycles. The molecule has 0 spiro atoms. The first-order chi connectivity index (χ1) is 15.2. The molecule has 4 aromatic rings. The Morgan fingerprint density at radius 3 is 2.42 bits per heavy atom. The predicted octanol–water partition coefficient (Wildman–Crippen LogP) is 5.71. The topological polar surface area (TPSA) is 59.3 Å². The number of aromatic nitrogens is 2. The summed E-state index contributed by atoms with van der Waals surface area (Å²) in [5, 5.41) is 3.08. The summed E-state index contributed by atoms with van der Waals surface area (Å²) in [6.45, 7) is 1.92. The molecule has 31 heavy (non-hydrogen) atoms. The van der Waals surface area contributed by atoms with Crippen LogP contribution < -0.4 is 5.32 Å². The molecule has 1 aliphatic rings. The van der Waals surface area contributed by atoms with E-state index in [1.165, 1.54) is 4.90 Å². The lowest BCUT2D eigenvalue weighted by Gasteiger charge is -2.32. The number of anilines is 1. The zero-order valence-corrected chi connectivity index (χ0v) is 18.1. The first-order valence-electron chi connectivity index (χ1n) is 10.2. The molecule has 0 saturated heterocycles. The molecule has 5 rings (SSSR count). The van der Waals surface area contributed by atoms with Crippen LogP contribution >= 0.6 is 11.8 Å². The van der Waals surface area contributed by atoms with Gasteiger partial charge in [-0.2, -0.15) is 0 Å². The van der Waals surface area contributed by atoms with E-state index in [2.05, 4.69) is 40.4 Å². The average Bonchev–Trinajstić information content (AvgIpc) is 3.16. The van der Waals surface area contributed by atoms with Gasteiger partial charge in [0.05, 0.1) is 17.1 Å². The number of benzene rings is 3. The van der Waals surface area contributed by atoms with Gasteiger partial charge in [0.15, 0.2) is 0 Å². The van der Waals surface area contributed by atoms with E-state index in [0.717, 1.165) is 28.0 Å². The summed E-state index contributed by atoms with van der Waals surface area (Å²) >= 11 is 1.70. The van der Waals surface area contributed by atoms with Crippen molar-refractivity contribution in [2.75, 3.05) is 11.6 Å². The molecule has 3 aromatic carbocycles. The van der Waals surface area contributed by atoms with E-state index in [0.29, 0.717) is 5.95 Å². The quantitative estimate of drug-likeness (QED) is 0.425. The summed E-state index contributed by atoms with van der Waals surface area (Å²) in [6.07, 6.45) is 2.06. The van der Waals surface area contributed by atoms with Crippen LogP contribution in [0.5, 0.6) is 0 Å². The molecule has 5 nitrogen and oxygen atoms in total. The number of amides is 1. The lowest BCUT2D eigenvalue weighted by atomic mass is 9.87. The van der Waals surface area contributed by atoms with Crippen molar-refractivity contribution < 1.29 is 4.79 Å². The van der Waals surface area contributed by atoms with Crippen LogP contribution in [0, 0.1) is 5.92 Å². The highest BCUT2D eigenvalue weighted by Gasteiger charge is 2.39. The van der Waals surface area contributed by atoms with E-state index < -0.39 is 5.92 Å². The van der Waals surface area contributed by atoms with Crippen LogP contribution in [-0.4, -0.2) is 27.4 Å². The standard InChI is InChI=1S/C25H22N4OS/c1-16-22(24(30)27-18-8-4-3-5-9-18)23(17-12-14-19(31-2)15-13-17)29-21-11-7-6-10-20(21)28-25(29)26-16/h3-15,22-23H,1-2H3,(H,27,30). The third-order valence-corrected chi connectivity index (χ3v) is 6.42. The second kappa shape index (κ2) is 8.04. The van der Waals surface area contributed by atoms with E-state index in [1.54, 1.807) is 11.8 Å². The van der Waals surface area contributed by atoms with Crippen molar-refractivity contribution in [1.29, 1.82) is 0 Å². The lowest BCUT2D eigenvalue weighted by molar-refractivity contribution is -0.118. The molecule has 0 fully saturated rings. The van der Waals surface area contributed by atoms with Crippen molar-refractivity contribution in [2.45, 2.75) is 17.9 Å². The molecule has 0 aliphatic carbocycles. The minimum absolute atomic E-state index is 0.0742. The Labute approximate surface area is 185 Å². The van der Waals surface area contributed by atoms with E-state index in [1.807, 2.05) is 61.5 Å². The Balaban J connectivity index is 1.65. The monoisotopic (exact) mass is 426 g/mol. The van der Waals surface area contributed by atoms with Crippen LogP contribution in [0.4, 0.5) is 11.6 Å². The summed E-state index contributed by atoms with van der Waals surface area (Å²) in [7, 11) is 0. The van der Waals surface area contributed by atoms with Gasteiger partial charge in [-0.25, -0.2) is 9.98 Å². The molecule has 6 heteroatoms. The average molecular weight is 427 g/mol. The fraction of sp³-hybridized carbons (Fsp3) is 0.160. The number of imidazole rings is 1. The number of nitrogens with zero attached hydrogens (tertiary/aromatic N) is 3. The maximum Gasteiger partial charge on any atom is 0.235 e. The van der Waals surface area contributed by atoms with Gasteiger partial charge < -0.3 is 5.32 Å². The second-order valence-electron chi connectivity index (χ2n) is 7.57. The van der Waals surface area contributed by atoms with Gasteiger partial charge in [0.25, 0.3) is 0 Å². The van der Waals surface area contributed by atoms with Crippen LogP contribution in [-0.2, 0) is 4.79 Å². The molecule has 1 aromatic heterocycles. The minimum Gasteiger partial charge on any atom is -0.325 e. The molecule has 0 bridgehead atoms. The number of fused-ring (bicyclic) bond motifs is 3. The molecular formula is C25H22N4OS. The number of aliphatic imine (C=N–C) groups is 1. The molecule has 0 radical (unpaired) electrons. The Bertz CT molecular complexity index is 1280. The molecular weight excluding hydrogens is 404 g/mol. The largest absolute Gasteiger partial charge is 0.325 e. The van der Waals surface area contributed by atoms with Crippen molar-refractivity contribution in [2.24, 2.45) is 10.9 Å². The van der Waals surface area contributed by atoms with Gasteiger partial charge in [0.2, 0.25) is 11.9 Å². The van der Waals surface area contributed by atoms with Crippen LogP contribution in [0.25, 0.3) is 11.0 Å². The summed E-state index contributed by atoms with van der Waals surface area (Å²) in [5.41, 5.74) is 4.45. The van der Waals surface area contributed by atoms with Gasteiger partial charge in [-0.3, -0.25) is 9.36 Å². The van der Waals surface area contributed by atoms with Crippen LogP contribution in [0.3, 0.4) is 0 Å².